The zero-order valence-electron chi connectivity index (χ0n) is 23.4. The van der Waals surface area contributed by atoms with Gasteiger partial charge in [0.05, 0.1) is 8.82 Å². The minimum absolute atomic E-state index is 0.0655. The van der Waals surface area contributed by atoms with Crippen molar-refractivity contribution in [2.24, 2.45) is 28.6 Å². The Balaban J connectivity index is 1.86. The topological polar surface area (TPSA) is 63.6 Å². The van der Waals surface area contributed by atoms with E-state index in [0.29, 0.717) is 19.3 Å². The fraction of sp³-hybridized carbons (Fsp3) is 0.739. The molecule has 4 aliphatic rings. The number of esters is 1. The van der Waals surface area contributed by atoms with Crippen LogP contribution in [0.25, 0.3) is 0 Å². The number of Topliss-reactive ketones (excluding diaryl/α,β-unsaturated/α-hetero) is 1. The lowest BCUT2D eigenvalue weighted by Crippen LogP contribution is -2.58. The average molecular weight is 414 g/mol. The van der Waals surface area contributed by atoms with Crippen molar-refractivity contribution in [3.63, 3.8) is 0 Å². The van der Waals surface area contributed by atoms with Crippen molar-refractivity contribution in [3.8, 4) is 0 Å². The maximum absolute atomic E-state index is 13.3. The molecule has 0 unspecified atom stereocenters. The van der Waals surface area contributed by atoms with Crippen molar-refractivity contribution in [1.82, 2.24) is 0 Å². The number of hydrogen-bond acceptors (Lipinski definition) is 4. The Morgan fingerprint density at radius 2 is 2.07 bits per heavy atom. The van der Waals surface area contributed by atoms with E-state index in [4.69, 9.17) is 25.9 Å². The Bertz CT molecular complexity index is 1050. The van der Waals surface area contributed by atoms with Gasteiger partial charge in [-0.25, -0.2) is 0 Å². The quantitative estimate of drug-likeness (QED) is 0.675. The van der Waals surface area contributed by atoms with E-state index >= 15 is 0 Å². The molecule has 0 aliphatic heterocycles. The molecule has 2 fully saturated rings. The summed E-state index contributed by atoms with van der Waals surface area (Å²) in [5.74, 6) is -2.60. The van der Waals surface area contributed by atoms with Crippen molar-refractivity contribution < 1.29 is 29.0 Å². The first-order valence-corrected chi connectivity index (χ1v) is 10.2. The van der Waals surface area contributed by atoms with Crippen LogP contribution in [-0.2, 0) is 14.3 Å². The van der Waals surface area contributed by atoms with Gasteiger partial charge in [-0.05, 0) is 74.1 Å². The Morgan fingerprint density at radius 3 is 2.75 bits per heavy atom. The third-order valence-corrected chi connectivity index (χ3v) is 8.29. The number of aliphatic hydroxyl groups is 1. The van der Waals surface area contributed by atoms with Crippen LogP contribution in [0.3, 0.4) is 0 Å². The van der Waals surface area contributed by atoms with Gasteiger partial charge >= 0.3 is 5.97 Å². The lowest BCUT2D eigenvalue weighted by molar-refractivity contribution is -0.185. The number of carbonyl (C=O) groups excluding carboxylic acids is 2. The third-order valence-electron chi connectivity index (χ3n) is 7.97. The largest absolute Gasteiger partial charge is 0.451 e. The molecule has 4 aliphatic carbocycles. The average Bonchev–Trinajstić information content (AvgIpc) is 2.97. The molecule has 7 atom stereocenters. The molecular weight excluding hydrogens is 376 g/mol. The molecule has 0 radical (unpaired) electrons. The Morgan fingerprint density at radius 1 is 1.36 bits per heavy atom. The van der Waals surface area contributed by atoms with Gasteiger partial charge in [0.2, 0.25) is 0 Å². The van der Waals surface area contributed by atoms with Crippen LogP contribution in [0, 0.1) is 28.6 Å². The maximum Gasteiger partial charge on any atom is 0.303 e. The van der Waals surface area contributed by atoms with Crippen LogP contribution >= 0.6 is 11.6 Å². The summed E-state index contributed by atoms with van der Waals surface area (Å²) in [6, 6.07) is -0.553. The van der Waals surface area contributed by atoms with Gasteiger partial charge in [-0.2, -0.15) is 0 Å². The Kier molecular flexibility index (Phi) is 3.04. The predicted octanol–water partition coefficient (Wildman–Crippen LogP) is 4.54. The molecule has 0 bridgehead atoms. The van der Waals surface area contributed by atoms with E-state index in [1.165, 1.54) is 0 Å². The second-order valence-corrected chi connectivity index (χ2v) is 9.58. The normalized spacial score (nSPS) is 56.1. The van der Waals surface area contributed by atoms with Crippen LogP contribution in [0.15, 0.2) is 22.7 Å². The standard InChI is InChI=1S/C23H31ClO4/c1-13(25)23(28-14(2)26)10-7-18-16-12-20(24)19-11-15(27)5-8-21(19,3)17(16)6-9-22(18,23)4/h11-12,15-18,27H,5-10H2,1-4H3/t15-,16+,17-,18-,21+,22-,23-/m1/s1/i1D3,5D2,11D,15D. The highest BCUT2D eigenvalue weighted by molar-refractivity contribution is 6.32. The fourth-order valence-electron chi connectivity index (χ4n) is 6.57. The number of halogens is 1. The van der Waals surface area contributed by atoms with Crippen molar-refractivity contribution in [3.05, 3.63) is 22.7 Å². The molecule has 4 rings (SSSR count). The summed E-state index contributed by atoms with van der Waals surface area (Å²) in [4.78, 5) is 25.4. The Hall–Kier alpha value is -1.13. The molecule has 0 amide bonds. The van der Waals surface area contributed by atoms with Crippen molar-refractivity contribution in [2.75, 3.05) is 0 Å². The number of allylic oxidation sites excluding steroid dienone is 3. The summed E-state index contributed by atoms with van der Waals surface area (Å²) >= 11 is 6.67. The van der Waals surface area contributed by atoms with E-state index < -0.39 is 53.5 Å². The van der Waals surface area contributed by atoms with Gasteiger partial charge in [-0.3, -0.25) is 9.59 Å². The molecular formula is C23H31ClO4. The highest BCUT2D eigenvalue weighted by Crippen LogP contribution is 2.68. The van der Waals surface area contributed by atoms with Gasteiger partial charge in [-0.1, -0.05) is 37.6 Å². The summed E-state index contributed by atoms with van der Waals surface area (Å²) in [6.45, 7) is 1.81. The number of ether oxygens (including phenoxy) is 1. The van der Waals surface area contributed by atoms with E-state index in [9.17, 15) is 14.7 Å². The van der Waals surface area contributed by atoms with Crippen molar-refractivity contribution >= 4 is 23.4 Å². The monoisotopic (exact) mass is 413 g/mol. The summed E-state index contributed by atoms with van der Waals surface area (Å²) in [5, 5.41) is 10.7. The Labute approximate surface area is 182 Å². The molecule has 28 heavy (non-hydrogen) atoms. The number of carbonyl (C=O) groups is 2. The number of fused-ring (bicyclic) bond motifs is 5. The van der Waals surface area contributed by atoms with E-state index in [-0.39, 0.29) is 41.2 Å². The molecule has 0 spiro atoms. The molecule has 4 nitrogen and oxygen atoms in total. The van der Waals surface area contributed by atoms with E-state index in [1.54, 1.807) is 13.0 Å². The second kappa shape index (κ2) is 6.43. The molecule has 0 aromatic carbocycles. The van der Waals surface area contributed by atoms with Crippen LogP contribution < -0.4 is 0 Å². The fourth-order valence-corrected chi connectivity index (χ4v) is 6.97. The van der Waals surface area contributed by atoms with Crippen LogP contribution in [0.1, 0.15) is 75.7 Å². The third kappa shape index (κ3) is 2.53. The lowest BCUT2D eigenvalue weighted by atomic mass is 9.48. The summed E-state index contributed by atoms with van der Waals surface area (Å²) in [7, 11) is 0. The van der Waals surface area contributed by atoms with E-state index in [0.717, 1.165) is 6.92 Å². The zero-order valence-corrected chi connectivity index (χ0v) is 17.2. The zero-order chi connectivity index (χ0) is 26.6. The molecule has 0 aromatic rings. The number of ketones is 1. The van der Waals surface area contributed by atoms with Crippen LogP contribution in [0.4, 0.5) is 0 Å². The molecule has 2 saturated carbocycles. The maximum atomic E-state index is 13.3. The van der Waals surface area contributed by atoms with Crippen molar-refractivity contribution in [1.29, 1.82) is 0 Å². The first kappa shape index (κ1) is 13.2. The number of hydrogen-bond donors (Lipinski definition) is 1. The van der Waals surface area contributed by atoms with Gasteiger partial charge in [-0.15, -0.1) is 0 Å². The minimum Gasteiger partial charge on any atom is -0.451 e. The van der Waals surface area contributed by atoms with Crippen molar-refractivity contribution in [2.45, 2.75) is 77.8 Å². The van der Waals surface area contributed by atoms with E-state index in [2.05, 4.69) is 0 Å². The highest BCUT2D eigenvalue weighted by atomic mass is 35.5. The summed E-state index contributed by atoms with van der Waals surface area (Å²) < 4.78 is 62.4. The van der Waals surface area contributed by atoms with Gasteiger partial charge in [0.1, 0.15) is 0 Å². The predicted molar refractivity (Wildman–Crippen MR) is 108 cm³/mol. The smallest absolute Gasteiger partial charge is 0.303 e. The van der Waals surface area contributed by atoms with Gasteiger partial charge in [0.15, 0.2) is 11.4 Å². The molecule has 0 saturated heterocycles. The van der Waals surface area contributed by atoms with Gasteiger partial charge < -0.3 is 9.84 Å². The van der Waals surface area contributed by atoms with Gasteiger partial charge in [0.25, 0.3) is 0 Å². The lowest BCUT2D eigenvalue weighted by Gasteiger charge is -2.58. The molecule has 154 valence electrons. The summed E-state index contributed by atoms with van der Waals surface area (Å²) in [5.41, 5.74) is -3.48. The first-order valence-electron chi connectivity index (χ1n) is 13.3. The van der Waals surface area contributed by atoms with Crippen LogP contribution in [0.2, 0.25) is 0 Å². The SMILES string of the molecule is [2H]C1=C2C(Cl)=C[C@H]3[C@@H](CC[C@]4(C)[C@@H]3CC[C@@]4(OC(C)=O)C(=O)C([2H])([2H])[2H])[C@]2(C)CC([2H])([2H])[C@@]1([2H])O. The minimum atomic E-state index is -2.95. The molecule has 0 heterocycles. The molecule has 1 N–H and O–H groups in total. The van der Waals surface area contributed by atoms with E-state index in [1.807, 2.05) is 6.92 Å². The van der Waals surface area contributed by atoms with Crippen LogP contribution in [-0.4, -0.2) is 28.5 Å². The highest BCUT2D eigenvalue weighted by Gasteiger charge is 2.67. The second-order valence-electron chi connectivity index (χ2n) is 9.17. The molecule has 0 aromatic heterocycles. The van der Waals surface area contributed by atoms with Gasteiger partial charge in [0, 0.05) is 24.2 Å². The first-order chi connectivity index (χ1) is 15.8. The molecule has 5 heteroatoms. The van der Waals surface area contributed by atoms with Crippen LogP contribution in [0.5, 0.6) is 0 Å². The number of rotatable bonds is 2. The summed E-state index contributed by atoms with van der Waals surface area (Å²) in [6.07, 6.45) is -2.33.